The number of carbonyl (C=O) groups excluding carboxylic acids is 1. The number of amides is 1. The van der Waals surface area contributed by atoms with Gasteiger partial charge in [-0.15, -0.1) is 0 Å². The Morgan fingerprint density at radius 2 is 1.93 bits per heavy atom. The van der Waals surface area contributed by atoms with Crippen LogP contribution in [0.25, 0.3) is 0 Å². The van der Waals surface area contributed by atoms with Gasteiger partial charge in [0.25, 0.3) is 0 Å². The molecule has 2 heterocycles. The number of hydrogen-bond donors (Lipinski definition) is 2. The van der Waals surface area contributed by atoms with Crippen LogP contribution >= 0.6 is 0 Å². The Bertz CT molecular complexity index is 971. The fourth-order valence-electron chi connectivity index (χ4n) is 4.62. The number of nitrogens with one attached hydrogen (secondary N) is 1. The summed E-state index contributed by atoms with van der Waals surface area (Å²) >= 11 is 0. The molecule has 1 spiro atoms. The van der Waals surface area contributed by atoms with Gasteiger partial charge in [0.05, 0.1) is 13.2 Å². The van der Waals surface area contributed by atoms with Crippen LogP contribution in [0.2, 0.25) is 0 Å². The van der Waals surface area contributed by atoms with E-state index >= 15 is 0 Å². The van der Waals surface area contributed by atoms with Crippen molar-refractivity contribution in [3.8, 4) is 11.5 Å². The van der Waals surface area contributed by atoms with E-state index < -0.39 is 12.0 Å². The van der Waals surface area contributed by atoms with Crippen molar-refractivity contribution in [1.82, 2.24) is 5.32 Å². The molecule has 2 aliphatic heterocycles. The number of carbonyl (C=O) groups is 2. The lowest BCUT2D eigenvalue weighted by Crippen LogP contribution is -2.37. The SMILES string of the molecule is O=C(O)C(NC(=O)[C@@H]1C[C@]12CCOc1ccccc12)c1ccc2c(c1)CCO2. The lowest BCUT2D eigenvalue weighted by atomic mass is 9.87. The predicted molar refractivity (Wildman–Crippen MR) is 100 cm³/mol. The molecule has 1 aliphatic carbocycles. The number of hydrogen-bond acceptors (Lipinski definition) is 4. The molecule has 1 amide bonds. The fraction of sp³-hybridized carbons (Fsp3) is 0.364. The quantitative estimate of drug-likeness (QED) is 0.853. The van der Waals surface area contributed by atoms with E-state index in [9.17, 15) is 14.7 Å². The zero-order chi connectivity index (χ0) is 19.3. The molecule has 6 nitrogen and oxygen atoms in total. The van der Waals surface area contributed by atoms with Crippen molar-refractivity contribution in [3.05, 3.63) is 59.2 Å². The number of aliphatic carboxylic acids is 1. The van der Waals surface area contributed by atoms with Gasteiger partial charge in [-0.05, 0) is 42.2 Å². The molecule has 5 rings (SSSR count). The molecule has 0 saturated heterocycles. The molecule has 0 aromatic heterocycles. The molecule has 2 aromatic rings. The van der Waals surface area contributed by atoms with Crippen molar-refractivity contribution in [3.63, 3.8) is 0 Å². The third-order valence-electron chi connectivity index (χ3n) is 6.20. The van der Waals surface area contributed by atoms with Crippen LogP contribution in [-0.2, 0) is 21.4 Å². The normalized spacial score (nSPS) is 25.1. The maximum Gasteiger partial charge on any atom is 0.330 e. The number of rotatable bonds is 4. The summed E-state index contributed by atoms with van der Waals surface area (Å²) in [5, 5.41) is 12.5. The highest BCUT2D eigenvalue weighted by atomic mass is 16.5. The molecule has 2 N–H and O–H groups in total. The van der Waals surface area contributed by atoms with E-state index in [2.05, 4.69) is 5.32 Å². The summed E-state index contributed by atoms with van der Waals surface area (Å²) < 4.78 is 11.2. The second-order valence-corrected chi connectivity index (χ2v) is 7.75. The summed E-state index contributed by atoms with van der Waals surface area (Å²) in [7, 11) is 0. The molecule has 2 aromatic carbocycles. The van der Waals surface area contributed by atoms with E-state index in [-0.39, 0.29) is 17.2 Å². The van der Waals surface area contributed by atoms with E-state index in [1.807, 2.05) is 30.3 Å². The lowest BCUT2D eigenvalue weighted by molar-refractivity contribution is -0.142. The Hall–Kier alpha value is -3.02. The zero-order valence-corrected chi connectivity index (χ0v) is 15.3. The van der Waals surface area contributed by atoms with Gasteiger partial charge in [0.15, 0.2) is 6.04 Å². The second-order valence-electron chi connectivity index (χ2n) is 7.75. The number of para-hydroxylation sites is 1. The Balaban J connectivity index is 1.37. The Morgan fingerprint density at radius 1 is 1.11 bits per heavy atom. The third-order valence-corrected chi connectivity index (χ3v) is 6.20. The first-order valence-corrected chi connectivity index (χ1v) is 9.60. The van der Waals surface area contributed by atoms with Gasteiger partial charge in [-0.25, -0.2) is 4.79 Å². The number of fused-ring (bicyclic) bond motifs is 3. The average Bonchev–Trinajstić information content (AvgIpc) is 3.21. The summed E-state index contributed by atoms with van der Waals surface area (Å²) in [5.41, 5.74) is 2.39. The van der Waals surface area contributed by atoms with E-state index in [4.69, 9.17) is 9.47 Å². The highest BCUT2D eigenvalue weighted by Gasteiger charge is 2.61. The molecule has 0 radical (unpaired) electrons. The van der Waals surface area contributed by atoms with Crippen LogP contribution < -0.4 is 14.8 Å². The van der Waals surface area contributed by atoms with Gasteiger partial charge < -0.3 is 19.9 Å². The summed E-state index contributed by atoms with van der Waals surface area (Å²) in [4.78, 5) is 24.8. The molecule has 144 valence electrons. The molecule has 1 unspecified atom stereocenters. The summed E-state index contributed by atoms with van der Waals surface area (Å²) in [6.45, 7) is 1.18. The van der Waals surface area contributed by atoms with Crippen molar-refractivity contribution in [1.29, 1.82) is 0 Å². The van der Waals surface area contributed by atoms with Crippen LogP contribution in [0.4, 0.5) is 0 Å². The van der Waals surface area contributed by atoms with Gasteiger partial charge in [-0.1, -0.05) is 24.3 Å². The van der Waals surface area contributed by atoms with Crippen LogP contribution in [0.15, 0.2) is 42.5 Å². The summed E-state index contributed by atoms with van der Waals surface area (Å²) in [6, 6.07) is 12.1. The smallest absolute Gasteiger partial charge is 0.330 e. The standard InChI is InChI=1S/C22H21NO5/c24-20(16-12-22(16)8-10-28-18-4-2-1-3-15(18)22)23-19(21(25)26)14-5-6-17-13(11-14)7-9-27-17/h1-6,11,16,19H,7-10,12H2,(H,23,24)(H,25,26)/t16-,19?,22-/m0/s1. The minimum atomic E-state index is -1.06. The monoisotopic (exact) mass is 379 g/mol. The largest absolute Gasteiger partial charge is 0.493 e. The fourth-order valence-corrected chi connectivity index (χ4v) is 4.62. The van der Waals surface area contributed by atoms with Crippen molar-refractivity contribution >= 4 is 11.9 Å². The topological polar surface area (TPSA) is 84.9 Å². The van der Waals surface area contributed by atoms with Gasteiger partial charge in [0, 0.05) is 23.3 Å². The van der Waals surface area contributed by atoms with E-state index in [0.29, 0.717) is 18.8 Å². The highest BCUT2D eigenvalue weighted by molar-refractivity contribution is 5.89. The minimum Gasteiger partial charge on any atom is -0.493 e. The van der Waals surface area contributed by atoms with Crippen LogP contribution in [0.3, 0.4) is 0 Å². The van der Waals surface area contributed by atoms with Gasteiger partial charge in [-0.2, -0.15) is 0 Å². The maximum atomic E-state index is 13.0. The number of ether oxygens (including phenoxy) is 2. The van der Waals surface area contributed by atoms with Gasteiger partial charge in [-0.3, -0.25) is 4.79 Å². The van der Waals surface area contributed by atoms with Crippen molar-refractivity contribution < 1.29 is 24.2 Å². The van der Waals surface area contributed by atoms with Crippen molar-refractivity contribution in [2.45, 2.75) is 30.7 Å². The molecule has 3 atom stereocenters. The number of carboxylic acid groups (broad SMARTS) is 1. The van der Waals surface area contributed by atoms with E-state index in [0.717, 1.165) is 41.9 Å². The van der Waals surface area contributed by atoms with Crippen molar-refractivity contribution in [2.24, 2.45) is 5.92 Å². The Labute approximate surface area is 162 Å². The second kappa shape index (κ2) is 6.26. The van der Waals surface area contributed by atoms with Crippen LogP contribution in [0.1, 0.15) is 35.6 Å². The minimum absolute atomic E-state index is 0.208. The van der Waals surface area contributed by atoms with Crippen LogP contribution in [0.5, 0.6) is 11.5 Å². The molecule has 1 fully saturated rings. The van der Waals surface area contributed by atoms with Crippen LogP contribution in [0, 0.1) is 5.92 Å². The Kier molecular flexibility index (Phi) is 3.82. The molecular weight excluding hydrogens is 358 g/mol. The predicted octanol–water partition coefficient (Wildman–Crippen LogP) is 2.60. The maximum absolute atomic E-state index is 13.0. The zero-order valence-electron chi connectivity index (χ0n) is 15.3. The lowest BCUT2D eigenvalue weighted by Gasteiger charge is -2.27. The molecule has 28 heavy (non-hydrogen) atoms. The molecule has 1 saturated carbocycles. The average molecular weight is 379 g/mol. The first kappa shape index (κ1) is 17.1. The van der Waals surface area contributed by atoms with Crippen molar-refractivity contribution in [2.75, 3.05) is 13.2 Å². The van der Waals surface area contributed by atoms with Gasteiger partial charge in [0.2, 0.25) is 5.91 Å². The molecule has 0 bridgehead atoms. The number of carboxylic acids is 1. The first-order chi connectivity index (χ1) is 13.6. The molecular formula is C22H21NO5. The van der Waals surface area contributed by atoms with Gasteiger partial charge in [0.1, 0.15) is 11.5 Å². The summed E-state index contributed by atoms with van der Waals surface area (Å²) in [5.74, 6) is 0.129. The van der Waals surface area contributed by atoms with Crippen LogP contribution in [-0.4, -0.2) is 30.2 Å². The van der Waals surface area contributed by atoms with E-state index in [1.165, 1.54) is 0 Å². The Morgan fingerprint density at radius 3 is 2.79 bits per heavy atom. The number of benzene rings is 2. The molecule has 6 heteroatoms. The third kappa shape index (κ3) is 2.63. The molecule has 3 aliphatic rings. The highest BCUT2D eigenvalue weighted by Crippen LogP contribution is 2.60. The van der Waals surface area contributed by atoms with E-state index in [1.54, 1.807) is 12.1 Å². The first-order valence-electron chi connectivity index (χ1n) is 9.60. The summed E-state index contributed by atoms with van der Waals surface area (Å²) in [6.07, 6.45) is 2.26. The van der Waals surface area contributed by atoms with Gasteiger partial charge >= 0.3 is 5.97 Å².